The van der Waals surface area contributed by atoms with Crippen LogP contribution in [0.3, 0.4) is 0 Å². The molecule has 3 nitrogen and oxygen atoms in total. The highest BCUT2D eigenvalue weighted by Crippen LogP contribution is 2.35. The van der Waals surface area contributed by atoms with Crippen molar-refractivity contribution in [2.75, 3.05) is 0 Å². The third kappa shape index (κ3) is 2.72. The molecule has 1 aromatic carbocycles. The Balaban J connectivity index is 1.69. The maximum atomic E-state index is 12.9. The molecule has 23 heavy (non-hydrogen) atoms. The summed E-state index contributed by atoms with van der Waals surface area (Å²) in [5.41, 5.74) is 2.66. The van der Waals surface area contributed by atoms with Crippen molar-refractivity contribution in [1.82, 2.24) is 9.55 Å². The quantitative estimate of drug-likeness (QED) is 0.734. The van der Waals surface area contributed by atoms with E-state index >= 15 is 0 Å². The zero-order valence-corrected chi connectivity index (χ0v) is 14.1. The van der Waals surface area contributed by atoms with Crippen molar-refractivity contribution in [1.29, 1.82) is 0 Å². The van der Waals surface area contributed by atoms with Crippen LogP contribution in [0.25, 0.3) is 10.2 Å². The van der Waals surface area contributed by atoms with Crippen LogP contribution < -0.4 is 5.56 Å². The summed E-state index contributed by atoms with van der Waals surface area (Å²) in [5, 5.41) is 0.882. The molecule has 0 aliphatic heterocycles. The third-order valence-electron chi connectivity index (χ3n) is 4.77. The average Bonchev–Trinajstić information content (AvgIpc) is 2.93. The van der Waals surface area contributed by atoms with Crippen LogP contribution in [-0.2, 0) is 25.8 Å². The second-order valence-electron chi connectivity index (χ2n) is 6.51. The van der Waals surface area contributed by atoms with Crippen LogP contribution in [0, 0.1) is 5.92 Å². The van der Waals surface area contributed by atoms with Crippen molar-refractivity contribution in [3.63, 3.8) is 0 Å². The summed E-state index contributed by atoms with van der Waals surface area (Å²) in [5.74, 6) is 0.718. The lowest BCUT2D eigenvalue weighted by Crippen LogP contribution is -2.22. The number of thiophene rings is 1. The van der Waals surface area contributed by atoms with Crippen molar-refractivity contribution in [3.05, 3.63) is 63.0 Å². The van der Waals surface area contributed by atoms with Gasteiger partial charge in [0.1, 0.15) is 4.83 Å². The van der Waals surface area contributed by atoms with E-state index in [1.165, 1.54) is 22.4 Å². The summed E-state index contributed by atoms with van der Waals surface area (Å²) in [6.07, 6.45) is 5.88. The van der Waals surface area contributed by atoms with Gasteiger partial charge in [-0.3, -0.25) is 9.36 Å². The highest BCUT2D eigenvalue weighted by molar-refractivity contribution is 7.18. The predicted octanol–water partition coefficient (Wildman–Crippen LogP) is 3.83. The second-order valence-corrected chi connectivity index (χ2v) is 7.59. The fraction of sp³-hybridized carbons (Fsp3) is 0.368. The molecule has 0 unspecified atom stereocenters. The van der Waals surface area contributed by atoms with E-state index < -0.39 is 0 Å². The molecule has 0 fully saturated rings. The number of aromatic nitrogens is 2. The molecule has 118 valence electrons. The van der Waals surface area contributed by atoms with E-state index in [0.717, 1.165) is 35.4 Å². The maximum absolute atomic E-state index is 12.9. The Bertz CT molecular complexity index is 895. The van der Waals surface area contributed by atoms with E-state index in [9.17, 15) is 4.79 Å². The topological polar surface area (TPSA) is 34.9 Å². The maximum Gasteiger partial charge on any atom is 0.262 e. The van der Waals surface area contributed by atoms with Crippen molar-refractivity contribution in [2.24, 2.45) is 5.92 Å². The SMILES string of the molecule is C[C@H]1CCc2c(sc3ncn(CCc4ccccc4)c(=O)c23)C1. The first-order valence-corrected chi connectivity index (χ1v) is 9.07. The van der Waals surface area contributed by atoms with Gasteiger partial charge in [-0.05, 0) is 42.7 Å². The molecular formula is C19H20N2OS. The van der Waals surface area contributed by atoms with Gasteiger partial charge in [0, 0.05) is 11.4 Å². The van der Waals surface area contributed by atoms with Crippen molar-refractivity contribution >= 4 is 21.6 Å². The molecule has 1 atom stereocenters. The molecule has 0 saturated heterocycles. The lowest BCUT2D eigenvalue weighted by atomic mass is 9.89. The molecule has 4 heteroatoms. The number of hydrogen-bond acceptors (Lipinski definition) is 3. The van der Waals surface area contributed by atoms with Gasteiger partial charge >= 0.3 is 0 Å². The molecule has 1 aliphatic rings. The van der Waals surface area contributed by atoms with Crippen molar-refractivity contribution in [3.8, 4) is 0 Å². The molecule has 2 aromatic heterocycles. The summed E-state index contributed by atoms with van der Waals surface area (Å²) in [7, 11) is 0. The number of fused-ring (bicyclic) bond motifs is 3. The normalized spacial score (nSPS) is 17.3. The molecule has 0 radical (unpaired) electrons. The van der Waals surface area contributed by atoms with Crippen molar-refractivity contribution < 1.29 is 0 Å². The minimum atomic E-state index is 0.137. The van der Waals surface area contributed by atoms with Crippen LogP contribution in [0.1, 0.15) is 29.3 Å². The third-order valence-corrected chi connectivity index (χ3v) is 5.93. The summed E-state index contributed by atoms with van der Waals surface area (Å²) < 4.78 is 1.78. The standard InChI is InChI=1S/C19H20N2OS/c1-13-7-8-15-16(11-13)23-18-17(15)19(22)21(12-20-18)10-9-14-5-3-2-4-6-14/h2-6,12-13H,7-11H2,1H3/t13-/m0/s1. The van der Waals surface area contributed by atoms with E-state index in [-0.39, 0.29) is 5.56 Å². The lowest BCUT2D eigenvalue weighted by molar-refractivity contribution is 0.509. The Morgan fingerprint density at radius 1 is 1.30 bits per heavy atom. The van der Waals surface area contributed by atoms with E-state index in [4.69, 9.17) is 0 Å². The number of aryl methyl sites for hydroxylation is 3. The first-order valence-electron chi connectivity index (χ1n) is 8.26. The van der Waals surface area contributed by atoms with Gasteiger partial charge in [0.15, 0.2) is 0 Å². The highest BCUT2D eigenvalue weighted by Gasteiger charge is 2.23. The molecule has 0 amide bonds. The van der Waals surface area contributed by atoms with Crippen LogP contribution >= 0.6 is 11.3 Å². The molecule has 0 saturated carbocycles. The van der Waals surface area contributed by atoms with Gasteiger partial charge in [-0.15, -0.1) is 11.3 Å². The van der Waals surface area contributed by atoms with Crippen LogP contribution in [0.2, 0.25) is 0 Å². The summed E-state index contributed by atoms with van der Waals surface area (Å²) >= 11 is 1.72. The summed E-state index contributed by atoms with van der Waals surface area (Å²) in [4.78, 5) is 19.8. The Morgan fingerprint density at radius 3 is 2.96 bits per heavy atom. The van der Waals surface area contributed by atoms with Crippen LogP contribution in [0.15, 0.2) is 41.5 Å². The van der Waals surface area contributed by atoms with Gasteiger partial charge in [-0.25, -0.2) is 4.98 Å². The van der Waals surface area contributed by atoms with Gasteiger partial charge in [0.05, 0.1) is 11.7 Å². The molecule has 3 aromatic rings. The van der Waals surface area contributed by atoms with Crippen LogP contribution in [0.5, 0.6) is 0 Å². The number of hydrogen-bond donors (Lipinski definition) is 0. The van der Waals surface area contributed by atoms with E-state index in [1.807, 2.05) is 18.2 Å². The van der Waals surface area contributed by atoms with Crippen LogP contribution in [0.4, 0.5) is 0 Å². The van der Waals surface area contributed by atoms with Gasteiger partial charge in [-0.1, -0.05) is 37.3 Å². The minimum Gasteiger partial charge on any atom is -0.298 e. The van der Waals surface area contributed by atoms with Crippen LogP contribution in [-0.4, -0.2) is 9.55 Å². The highest BCUT2D eigenvalue weighted by atomic mass is 32.1. The zero-order chi connectivity index (χ0) is 15.8. The monoisotopic (exact) mass is 324 g/mol. The minimum absolute atomic E-state index is 0.137. The average molecular weight is 324 g/mol. The molecule has 2 heterocycles. The Kier molecular flexibility index (Phi) is 3.77. The Hall–Kier alpha value is -1.94. The first kappa shape index (κ1) is 14.6. The van der Waals surface area contributed by atoms with E-state index in [2.05, 4.69) is 24.0 Å². The fourth-order valence-corrected chi connectivity index (χ4v) is 4.76. The second kappa shape index (κ2) is 5.93. The molecular weight excluding hydrogens is 304 g/mol. The van der Waals surface area contributed by atoms with Crippen molar-refractivity contribution in [2.45, 2.75) is 39.2 Å². The first-order chi connectivity index (χ1) is 11.2. The number of benzene rings is 1. The van der Waals surface area contributed by atoms with Gasteiger partial charge in [-0.2, -0.15) is 0 Å². The van der Waals surface area contributed by atoms with E-state index in [0.29, 0.717) is 6.54 Å². The molecule has 1 aliphatic carbocycles. The fourth-order valence-electron chi connectivity index (χ4n) is 3.42. The van der Waals surface area contributed by atoms with Gasteiger partial charge in [0.2, 0.25) is 0 Å². The summed E-state index contributed by atoms with van der Waals surface area (Å²) in [6, 6.07) is 10.3. The zero-order valence-electron chi connectivity index (χ0n) is 13.3. The smallest absolute Gasteiger partial charge is 0.262 e. The van der Waals surface area contributed by atoms with E-state index in [1.54, 1.807) is 22.2 Å². The lowest BCUT2D eigenvalue weighted by Gasteiger charge is -2.17. The predicted molar refractivity (Wildman–Crippen MR) is 95.2 cm³/mol. The van der Waals surface area contributed by atoms with Gasteiger partial charge < -0.3 is 0 Å². The molecule has 0 spiro atoms. The number of nitrogens with zero attached hydrogens (tertiary/aromatic N) is 2. The molecule has 4 rings (SSSR count). The number of rotatable bonds is 3. The molecule has 0 N–H and O–H groups in total. The largest absolute Gasteiger partial charge is 0.298 e. The van der Waals surface area contributed by atoms with Gasteiger partial charge in [0.25, 0.3) is 5.56 Å². The molecule has 0 bridgehead atoms. The summed E-state index contributed by atoms with van der Waals surface area (Å²) in [6.45, 7) is 2.98. The Labute approximate surface area is 139 Å². The Morgan fingerprint density at radius 2 is 2.13 bits per heavy atom.